The molecule has 22 nitrogen and oxygen atoms in total. The lowest BCUT2D eigenvalue weighted by atomic mass is 10.0. The Morgan fingerprint density at radius 3 is 1.48 bits per heavy atom. The van der Waals surface area contributed by atoms with E-state index < -0.39 is 35.8 Å². The monoisotopic (exact) mass is 884 g/mol. The molecule has 0 radical (unpaired) electrons. The van der Waals surface area contributed by atoms with Crippen molar-refractivity contribution in [1.82, 2.24) is 50.8 Å². The van der Waals surface area contributed by atoms with Crippen LogP contribution in [-0.4, -0.2) is 71.1 Å². The smallest absolute Gasteiger partial charge is 0.310 e. The zero-order valence-corrected chi connectivity index (χ0v) is 33.9. The fourth-order valence-electron chi connectivity index (χ4n) is 5.52. The summed E-state index contributed by atoms with van der Waals surface area (Å²) in [6, 6.07) is 4.38. The van der Waals surface area contributed by atoms with Crippen LogP contribution in [0.4, 0.5) is 0 Å². The number of aromatic nitrogens is 7. The second-order valence-electron chi connectivity index (χ2n) is 13.6. The Kier molecular flexibility index (Phi) is 17.2. The maximum Gasteiger partial charge on any atom is 0.310 e. The van der Waals surface area contributed by atoms with Crippen LogP contribution in [0.3, 0.4) is 0 Å². The summed E-state index contributed by atoms with van der Waals surface area (Å²) < 4.78 is 37.8. The molecule has 64 heavy (non-hydrogen) atoms. The number of unbranched alkanes of at least 4 members (excludes halogenated alkanes) is 1. The normalized spacial score (nSPS) is 14.0. The molecule has 22 heteroatoms. The number of hydrogen-bond acceptors (Lipinski definition) is 19. The molecule has 3 N–H and O–H groups in total. The van der Waals surface area contributed by atoms with Gasteiger partial charge in [-0.05, 0) is 37.3 Å². The van der Waals surface area contributed by atoms with Gasteiger partial charge in [-0.2, -0.15) is 0 Å². The number of ether oxygens (including phenoxy) is 1. The molecule has 0 aliphatic carbocycles. The summed E-state index contributed by atoms with van der Waals surface area (Å²) in [6.45, 7) is 8.05. The van der Waals surface area contributed by atoms with Crippen LogP contribution >= 0.6 is 0 Å². The van der Waals surface area contributed by atoms with Gasteiger partial charge in [0.2, 0.25) is 41.3 Å². The molecule has 3 amide bonds. The molecule has 2 atom stereocenters. The van der Waals surface area contributed by atoms with E-state index in [-0.39, 0.29) is 96.2 Å². The number of nitrogens with one attached hydrogen (secondary N) is 3. The average Bonchev–Trinajstić information content (AvgIpc) is 4.10. The number of amides is 3. The number of pyridine rings is 1. The van der Waals surface area contributed by atoms with E-state index >= 15 is 0 Å². The van der Waals surface area contributed by atoms with Crippen LogP contribution in [0.2, 0.25) is 0 Å². The van der Waals surface area contributed by atoms with Crippen molar-refractivity contribution >= 4 is 29.7 Å². The third-order valence-corrected chi connectivity index (χ3v) is 8.37. The molecule has 2 unspecified atom stereocenters. The molecule has 0 fully saturated rings. The van der Waals surface area contributed by atoms with Crippen LogP contribution in [0, 0.1) is 5.92 Å². The highest BCUT2D eigenvalue weighted by Gasteiger charge is 2.29. The van der Waals surface area contributed by atoms with Crippen LogP contribution in [0.5, 0.6) is 0 Å². The minimum absolute atomic E-state index is 0. The number of rotatable bonds is 6. The topological polar surface area (TPSA) is 300 Å². The standard InChI is InChI=1S/C31H29N9O9.C5H5N.C4H6O3.2CH4/c1-14(2)23-31-39-22(13-49-31)30-38-19(12-48-30)27-34-17(8-44-27)24(42)33-16(6-4-5-7-32-15(3)41)26-36-21(10-46-26)29-37-20(11-47-29)28-35-18(9-45-28)25(43)40-23;1-2-4-6-5-3-1;1-3(5)7-4(2)6;;/h8-14,16,23H,4-7H2,1-3H3,(H,32,41)(H,33,42)(H,40,43);1-5H;1-2H3;2*1H4. The molecule has 8 heterocycles. The zero-order valence-electron chi connectivity index (χ0n) is 33.9. The van der Waals surface area contributed by atoms with Crippen molar-refractivity contribution in [3.8, 4) is 46.3 Å². The number of carbonyl (C=O) groups excluding carboxylic acids is 5. The lowest BCUT2D eigenvalue weighted by Crippen LogP contribution is -2.32. The summed E-state index contributed by atoms with van der Waals surface area (Å²) in [4.78, 5) is 87.7. The van der Waals surface area contributed by atoms with Gasteiger partial charge in [-0.3, -0.25) is 29.0 Å². The van der Waals surface area contributed by atoms with Gasteiger partial charge in [0, 0.05) is 39.7 Å². The predicted octanol–water partition coefficient (Wildman–Crippen LogP) is 6.95. The average molecular weight is 885 g/mol. The molecule has 7 aromatic rings. The first kappa shape index (κ1) is 48.6. The van der Waals surface area contributed by atoms with E-state index in [9.17, 15) is 24.0 Å². The number of carbonyl (C=O) groups is 5. The van der Waals surface area contributed by atoms with Gasteiger partial charge in [-0.1, -0.05) is 34.8 Å². The fraction of sp³-hybridized carbons (Fsp3) is 0.333. The molecule has 1 aliphatic heterocycles. The highest BCUT2D eigenvalue weighted by Crippen LogP contribution is 2.30. The minimum atomic E-state index is -0.693. The molecule has 0 saturated carbocycles. The third-order valence-electron chi connectivity index (χ3n) is 8.37. The van der Waals surface area contributed by atoms with E-state index in [1.54, 1.807) is 12.4 Å². The van der Waals surface area contributed by atoms with Crippen LogP contribution in [0.25, 0.3) is 46.3 Å². The van der Waals surface area contributed by atoms with E-state index in [1.165, 1.54) is 58.4 Å². The molecular weight excluding hydrogens is 837 g/mol. The van der Waals surface area contributed by atoms with Gasteiger partial charge in [0.1, 0.15) is 49.7 Å². The number of oxazole rings is 6. The predicted molar refractivity (Wildman–Crippen MR) is 223 cm³/mol. The Morgan fingerprint density at radius 1 is 0.609 bits per heavy atom. The molecule has 1 aliphatic rings. The second-order valence-corrected chi connectivity index (χ2v) is 13.6. The number of fused-ring (bicyclic) bond motifs is 16. The SMILES string of the molecule is C.C.CC(=O)NCCCCC1NC(=O)c2coc(n2)-c2coc(n2)-c2coc(n2)C(C(C)C)NC(=O)c2coc(n2)-c2coc(n2)-c2coc1n2.CC(=O)OC(C)=O.c1ccncc1. The first-order valence-electron chi connectivity index (χ1n) is 19.0. The van der Waals surface area contributed by atoms with Crippen molar-refractivity contribution in [3.63, 3.8) is 0 Å². The summed E-state index contributed by atoms with van der Waals surface area (Å²) in [5.41, 5.74) is 0.896. The van der Waals surface area contributed by atoms with E-state index in [4.69, 9.17) is 26.5 Å². The number of esters is 2. The van der Waals surface area contributed by atoms with Crippen molar-refractivity contribution in [1.29, 1.82) is 0 Å². The van der Waals surface area contributed by atoms with Gasteiger partial charge in [-0.15, -0.1) is 0 Å². The lowest BCUT2D eigenvalue weighted by Gasteiger charge is -2.18. The van der Waals surface area contributed by atoms with Crippen molar-refractivity contribution in [2.24, 2.45) is 5.92 Å². The van der Waals surface area contributed by atoms with Crippen molar-refractivity contribution < 1.29 is 55.2 Å². The summed E-state index contributed by atoms with van der Waals surface area (Å²) in [6.07, 6.45) is 12.9. The fourth-order valence-corrected chi connectivity index (χ4v) is 5.52. The van der Waals surface area contributed by atoms with Gasteiger partial charge in [-0.25, -0.2) is 29.9 Å². The Morgan fingerprint density at radius 2 is 1.05 bits per heavy atom. The van der Waals surface area contributed by atoms with Gasteiger partial charge >= 0.3 is 11.9 Å². The molecule has 338 valence electrons. The first-order valence-corrected chi connectivity index (χ1v) is 19.0. The zero-order chi connectivity index (χ0) is 44.2. The second kappa shape index (κ2) is 22.7. The van der Waals surface area contributed by atoms with Crippen LogP contribution in [0.15, 0.2) is 94.7 Å². The lowest BCUT2D eigenvalue weighted by molar-refractivity contribution is -0.156. The van der Waals surface area contributed by atoms with Gasteiger partial charge in [0.15, 0.2) is 34.2 Å². The molecular formula is C42H48N10O12. The highest BCUT2D eigenvalue weighted by atomic mass is 16.6. The molecule has 0 spiro atoms. The number of nitrogens with zero attached hydrogens (tertiary/aromatic N) is 7. The van der Waals surface area contributed by atoms with E-state index in [0.29, 0.717) is 25.8 Å². The van der Waals surface area contributed by atoms with Crippen LogP contribution in [-0.2, 0) is 19.1 Å². The van der Waals surface area contributed by atoms with Gasteiger partial charge in [0.05, 0.1) is 0 Å². The maximum atomic E-state index is 13.4. The Labute approximate surface area is 366 Å². The Balaban J connectivity index is 0.000000519. The van der Waals surface area contributed by atoms with Gasteiger partial charge in [0.25, 0.3) is 11.8 Å². The third kappa shape index (κ3) is 13.0. The van der Waals surface area contributed by atoms with Crippen molar-refractivity contribution in [2.45, 2.75) is 80.8 Å². The largest absolute Gasteiger partial charge is 0.446 e. The molecule has 7 aromatic heterocycles. The van der Waals surface area contributed by atoms with Crippen LogP contribution in [0.1, 0.15) is 114 Å². The van der Waals surface area contributed by atoms with E-state index in [0.717, 1.165) is 0 Å². The first-order chi connectivity index (χ1) is 29.8. The molecule has 0 aromatic carbocycles. The molecule has 0 saturated heterocycles. The highest BCUT2D eigenvalue weighted by molar-refractivity contribution is 5.93. The summed E-state index contributed by atoms with van der Waals surface area (Å²) in [7, 11) is 0. The van der Waals surface area contributed by atoms with Crippen LogP contribution < -0.4 is 16.0 Å². The Bertz CT molecular complexity index is 2560. The summed E-state index contributed by atoms with van der Waals surface area (Å²) in [5.74, 6) is -1.82. The minimum Gasteiger partial charge on any atom is -0.446 e. The maximum absolute atomic E-state index is 13.4. The van der Waals surface area contributed by atoms with E-state index in [1.807, 2.05) is 32.0 Å². The van der Waals surface area contributed by atoms with Gasteiger partial charge < -0.3 is 47.2 Å². The summed E-state index contributed by atoms with van der Waals surface area (Å²) >= 11 is 0. The molecule has 12 bridgehead atoms. The van der Waals surface area contributed by atoms with Crippen molar-refractivity contribution in [2.75, 3.05) is 6.54 Å². The van der Waals surface area contributed by atoms with Crippen molar-refractivity contribution in [3.05, 3.63) is 91.3 Å². The molecule has 8 rings (SSSR count). The summed E-state index contributed by atoms with van der Waals surface area (Å²) in [5, 5.41) is 8.52. The quantitative estimate of drug-likeness (QED) is 0.0864. The van der Waals surface area contributed by atoms with E-state index in [2.05, 4.69) is 55.6 Å². The number of hydrogen-bond donors (Lipinski definition) is 3. The Hall–Kier alpha value is -8.04.